The van der Waals surface area contributed by atoms with Gasteiger partial charge in [0.1, 0.15) is 28.8 Å². The molecule has 2 aliphatic carbocycles. The number of halogens is 1. The van der Waals surface area contributed by atoms with E-state index in [9.17, 15) is 32.4 Å². The predicted molar refractivity (Wildman–Crippen MR) is 187 cm³/mol. The molecule has 4 N–H and O–H groups in total. The molecule has 0 spiro atoms. The Balaban J connectivity index is 1.27. The van der Waals surface area contributed by atoms with E-state index in [1.807, 2.05) is 12.2 Å². The van der Waals surface area contributed by atoms with E-state index in [2.05, 4.69) is 20.7 Å². The van der Waals surface area contributed by atoms with E-state index >= 15 is 0 Å². The number of fused-ring (bicyclic) bond motifs is 3. The van der Waals surface area contributed by atoms with Gasteiger partial charge in [0, 0.05) is 28.9 Å². The highest BCUT2D eigenvalue weighted by molar-refractivity contribution is 7.91. The number of hydrogen-bond acceptors (Lipinski definition) is 9. The summed E-state index contributed by atoms with van der Waals surface area (Å²) in [5.74, 6) is -3.07. The van der Waals surface area contributed by atoms with Crippen LogP contribution in [0.4, 0.5) is 4.79 Å². The summed E-state index contributed by atoms with van der Waals surface area (Å²) in [6.45, 7) is 5.03. The van der Waals surface area contributed by atoms with Gasteiger partial charge >= 0.3 is 6.09 Å². The SMILES string of the molecule is CC(C)(C)OC(=O)N[C@H]1CCCCC/C=C\[C@H]2C[C@@]2(C(=O)NS(=O)(=O)C2CC2)NC(=O)[C@@H]2C[C@@H](NC(=O)c3cc4cc(Cl)ccc4o3)CN2C1=O. The molecule has 6 rings (SSSR count). The lowest BCUT2D eigenvalue weighted by Gasteiger charge is -2.30. The molecule has 3 fully saturated rings. The Labute approximate surface area is 301 Å². The van der Waals surface area contributed by atoms with E-state index < -0.39 is 80.2 Å². The largest absolute Gasteiger partial charge is 0.451 e. The topological polar surface area (TPSA) is 193 Å². The van der Waals surface area contributed by atoms with E-state index in [-0.39, 0.29) is 31.6 Å². The quantitative estimate of drug-likeness (QED) is 0.319. The molecule has 16 heteroatoms. The van der Waals surface area contributed by atoms with Crippen LogP contribution in [0.25, 0.3) is 11.0 Å². The van der Waals surface area contributed by atoms with Gasteiger partial charge in [-0.15, -0.1) is 0 Å². The van der Waals surface area contributed by atoms with Gasteiger partial charge in [-0.3, -0.25) is 23.9 Å². The molecule has 3 heterocycles. The van der Waals surface area contributed by atoms with Gasteiger partial charge in [0.25, 0.3) is 11.8 Å². The number of nitrogens with one attached hydrogen (secondary N) is 4. The first-order chi connectivity index (χ1) is 24.0. The molecule has 4 aliphatic rings. The van der Waals surface area contributed by atoms with E-state index in [0.29, 0.717) is 41.7 Å². The minimum Gasteiger partial charge on any atom is -0.451 e. The van der Waals surface area contributed by atoms with Crippen LogP contribution in [-0.2, 0) is 29.1 Å². The van der Waals surface area contributed by atoms with Crippen molar-refractivity contribution in [3.8, 4) is 0 Å². The molecule has 0 unspecified atom stereocenters. The zero-order valence-electron chi connectivity index (χ0n) is 28.8. The van der Waals surface area contributed by atoms with Crippen molar-refractivity contribution >= 4 is 62.3 Å². The van der Waals surface area contributed by atoms with Crippen molar-refractivity contribution < 1.29 is 41.5 Å². The second-order valence-corrected chi connectivity index (χ2v) is 17.3. The maximum Gasteiger partial charge on any atom is 0.408 e. The minimum atomic E-state index is -3.90. The first-order valence-corrected chi connectivity index (χ1v) is 19.3. The van der Waals surface area contributed by atoms with Gasteiger partial charge in [-0.05, 0) is 90.0 Å². The number of alkyl carbamates (subject to hydrolysis) is 1. The number of ether oxygens (including phenoxy) is 1. The normalized spacial score (nSPS) is 28.0. The van der Waals surface area contributed by atoms with Crippen LogP contribution in [-0.4, -0.2) is 84.1 Å². The molecule has 1 saturated heterocycles. The van der Waals surface area contributed by atoms with Crippen LogP contribution in [0, 0.1) is 5.92 Å². The number of carbonyl (C=O) groups is 5. The highest BCUT2D eigenvalue weighted by Crippen LogP contribution is 2.46. The summed E-state index contributed by atoms with van der Waals surface area (Å²) >= 11 is 6.09. The zero-order chi connectivity index (χ0) is 36.7. The molecule has 0 bridgehead atoms. The fourth-order valence-corrected chi connectivity index (χ4v) is 8.28. The van der Waals surface area contributed by atoms with Crippen LogP contribution in [0.3, 0.4) is 0 Å². The van der Waals surface area contributed by atoms with Gasteiger partial charge < -0.3 is 30.0 Å². The molecule has 2 aromatic rings. The summed E-state index contributed by atoms with van der Waals surface area (Å²) in [6.07, 6.45) is 7.09. The van der Waals surface area contributed by atoms with Gasteiger partial charge in [0.15, 0.2) is 5.76 Å². The molecule has 2 saturated carbocycles. The highest BCUT2D eigenvalue weighted by Gasteiger charge is 2.62. The van der Waals surface area contributed by atoms with Crippen LogP contribution in [0.15, 0.2) is 40.8 Å². The molecule has 0 radical (unpaired) electrons. The second-order valence-electron chi connectivity index (χ2n) is 14.9. The number of furan rings is 1. The van der Waals surface area contributed by atoms with Crippen LogP contribution in [0.1, 0.15) is 89.1 Å². The molecule has 5 amide bonds. The standard InChI is InChI=1S/C35H44ClN5O9S/c1-34(2,3)50-33(46)38-25-10-8-6-4-5-7-9-21-18-35(21,32(45)40-51(47,48)24-12-13-24)39-29(42)26-17-23(19-41(26)31(25)44)37-30(43)28-16-20-15-22(36)11-14-27(20)49-28/h7,9,11,14-16,21,23-26H,4-6,8,10,12-13,17-19H2,1-3H3,(H,37,43)(H,38,46)(H,39,42)(H,40,45)/b9-7-/t21-,23+,25-,26-,35+/m0/s1. The third kappa shape index (κ3) is 8.52. The van der Waals surface area contributed by atoms with Crippen molar-refractivity contribution in [2.24, 2.45) is 5.92 Å². The minimum absolute atomic E-state index is 0.0112. The molecule has 1 aromatic heterocycles. The monoisotopic (exact) mass is 745 g/mol. The highest BCUT2D eigenvalue weighted by atomic mass is 35.5. The molecule has 2 aliphatic heterocycles. The maximum absolute atomic E-state index is 14.3. The smallest absolute Gasteiger partial charge is 0.408 e. The molecular formula is C35H44ClN5O9S. The number of nitrogens with zero attached hydrogens (tertiary/aromatic N) is 1. The molecule has 1 aromatic carbocycles. The van der Waals surface area contributed by atoms with Gasteiger partial charge in [0.05, 0.1) is 5.25 Å². The Morgan fingerprint density at radius 2 is 1.82 bits per heavy atom. The van der Waals surface area contributed by atoms with Crippen molar-refractivity contribution in [3.63, 3.8) is 0 Å². The van der Waals surface area contributed by atoms with Crippen LogP contribution >= 0.6 is 11.6 Å². The molecule has 14 nitrogen and oxygen atoms in total. The second kappa shape index (κ2) is 14.1. The Morgan fingerprint density at radius 3 is 2.55 bits per heavy atom. The number of amides is 5. The summed E-state index contributed by atoms with van der Waals surface area (Å²) in [6, 6.07) is 3.56. The van der Waals surface area contributed by atoms with Crippen LogP contribution in [0.5, 0.6) is 0 Å². The van der Waals surface area contributed by atoms with E-state index in [4.69, 9.17) is 20.8 Å². The lowest BCUT2D eigenvalue weighted by molar-refractivity contribution is -0.141. The van der Waals surface area contributed by atoms with Gasteiger partial charge in [0.2, 0.25) is 21.8 Å². The molecule has 5 atom stereocenters. The predicted octanol–water partition coefficient (Wildman–Crippen LogP) is 3.68. The third-order valence-electron chi connectivity index (χ3n) is 9.61. The maximum atomic E-state index is 14.3. The van der Waals surface area contributed by atoms with Crippen molar-refractivity contribution in [1.29, 1.82) is 0 Å². The van der Waals surface area contributed by atoms with Crippen molar-refractivity contribution in [2.75, 3.05) is 6.54 Å². The van der Waals surface area contributed by atoms with Crippen LogP contribution < -0.4 is 20.7 Å². The number of benzene rings is 1. The number of rotatable bonds is 6. The fraction of sp³-hybridized carbons (Fsp3) is 0.571. The van der Waals surface area contributed by atoms with Gasteiger partial charge in [-0.1, -0.05) is 36.6 Å². The Morgan fingerprint density at radius 1 is 1.06 bits per heavy atom. The number of allylic oxidation sites excluding steroid dienone is 1. The lowest BCUT2D eigenvalue weighted by atomic mass is 10.0. The number of carbonyl (C=O) groups excluding carboxylic acids is 5. The van der Waals surface area contributed by atoms with Gasteiger partial charge in [-0.2, -0.15) is 0 Å². The van der Waals surface area contributed by atoms with Crippen molar-refractivity contribution in [3.05, 3.63) is 47.2 Å². The summed E-state index contributed by atoms with van der Waals surface area (Å²) in [7, 11) is -3.90. The average molecular weight is 746 g/mol. The van der Waals surface area contributed by atoms with E-state index in [0.717, 1.165) is 12.8 Å². The van der Waals surface area contributed by atoms with Crippen LogP contribution in [0.2, 0.25) is 5.02 Å². The zero-order valence-corrected chi connectivity index (χ0v) is 30.4. The number of hydrogen-bond donors (Lipinski definition) is 4. The van der Waals surface area contributed by atoms with Crippen molar-refractivity contribution in [2.45, 2.75) is 113 Å². The Bertz CT molecular complexity index is 1870. The first kappa shape index (κ1) is 36.7. The Kier molecular flexibility index (Phi) is 10.2. The fourth-order valence-electron chi connectivity index (χ4n) is 6.74. The van der Waals surface area contributed by atoms with E-state index in [1.165, 1.54) is 4.90 Å². The van der Waals surface area contributed by atoms with Crippen molar-refractivity contribution in [1.82, 2.24) is 25.6 Å². The third-order valence-corrected chi connectivity index (χ3v) is 11.7. The van der Waals surface area contributed by atoms with Gasteiger partial charge in [-0.25, -0.2) is 13.2 Å². The summed E-state index contributed by atoms with van der Waals surface area (Å²) in [4.78, 5) is 69.6. The summed E-state index contributed by atoms with van der Waals surface area (Å²) < 4.78 is 38.8. The summed E-state index contributed by atoms with van der Waals surface area (Å²) in [5, 5.41) is 8.81. The Hall–Kier alpha value is -4.11. The molecule has 51 heavy (non-hydrogen) atoms. The molecule has 276 valence electrons. The summed E-state index contributed by atoms with van der Waals surface area (Å²) in [5.41, 5.74) is -1.90. The first-order valence-electron chi connectivity index (χ1n) is 17.4. The van der Waals surface area contributed by atoms with E-state index in [1.54, 1.807) is 45.0 Å². The lowest BCUT2D eigenvalue weighted by Crippen LogP contribution is -2.58. The number of sulfonamides is 1. The average Bonchev–Trinajstić information content (AvgIpc) is 3.93. The molecular weight excluding hydrogens is 702 g/mol.